The van der Waals surface area contributed by atoms with Gasteiger partial charge < -0.3 is 9.84 Å². The Morgan fingerprint density at radius 2 is 2.15 bits per heavy atom. The Kier molecular flexibility index (Phi) is 4.79. The van der Waals surface area contributed by atoms with Crippen LogP contribution in [0.3, 0.4) is 0 Å². The molecule has 0 unspecified atom stereocenters. The third-order valence-corrected chi connectivity index (χ3v) is 6.58. The molecule has 2 rings (SSSR count). The van der Waals surface area contributed by atoms with Crippen LogP contribution in [0.4, 0.5) is 0 Å². The fourth-order valence-corrected chi connectivity index (χ4v) is 4.72. The molecule has 1 aliphatic rings. The summed E-state index contributed by atoms with van der Waals surface area (Å²) in [5.74, 6) is -0.822. The zero-order valence-electron chi connectivity index (χ0n) is 11.1. The first-order valence-electron chi connectivity index (χ1n) is 6.27. The highest BCUT2D eigenvalue weighted by Crippen LogP contribution is 2.25. The molecule has 2 heterocycles. The van der Waals surface area contributed by atoms with Gasteiger partial charge in [0.15, 0.2) is 0 Å². The molecule has 0 radical (unpaired) electrons. The van der Waals surface area contributed by atoms with Gasteiger partial charge in [0.25, 0.3) is 10.0 Å². The molecule has 1 aromatic rings. The molecule has 20 heavy (non-hydrogen) atoms. The van der Waals surface area contributed by atoms with Crippen molar-refractivity contribution in [2.24, 2.45) is 5.92 Å². The second-order valence-electron chi connectivity index (χ2n) is 4.80. The van der Waals surface area contributed by atoms with Gasteiger partial charge in [-0.1, -0.05) is 0 Å². The Balaban J connectivity index is 2.09. The number of sulfonamides is 1. The van der Waals surface area contributed by atoms with Crippen LogP contribution < -0.4 is 0 Å². The minimum Gasteiger partial charge on any atom is -0.478 e. The van der Waals surface area contributed by atoms with Crippen LogP contribution in [0.2, 0.25) is 0 Å². The standard InChI is InChI=1S/C12H17NO5S2/c1-13(7-9-2-4-18-5-3-9)20(16,17)11-6-10(8-19-11)12(14)15/h6,8-9H,2-5,7H2,1H3,(H,14,15). The summed E-state index contributed by atoms with van der Waals surface area (Å²) in [4.78, 5) is 10.8. The van der Waals surface area contributed by atoms with E-state index in [1.165, 1.54) is 22.8 Å². The van der Waals surface area contributed by atoms with E-state index in [9.17, 15) is 13.2 Å². The molecule has 8 heteroatoms. The summed E-state index contributed by atoms with van der Waals surface area (Å²) in [7, 11) is -2.07. The predicted octanol–water partition coefficient (Wildman–Crippen LogP) is 1.49. The van der Waals surface area contributed by atoms with E-state index < -0.39 is 16.0 Å². The number of hydrogen-bond acceptors (Lipinski definition) is 5. The van der Waals surface area contributed by atoms with E-state index in [1.807, 2.05) is 0 Å². The topological polar surface area (TPSA) is 83.9 Å². The summed E-state index contributed by atoms with van der Waals surface area (Å²) in [6, 6.07) is 1.21. The maximum absolute atomic E-state index is 12.4. The van der Waals surface area contributed by atoms with Crippen molar-refractivity contribution >= 4 is 27.3 Å². The fraction of sp³-hybridized carbons (Fsp3) is 0.583. The van der Waals surface area contributed by atoms with E-state index >= 15 is 0 Å². The summed E-state index contributed by atoms with van der Waals surface area (Å²) in [6.45, 7) is 1.77. The number of thiophene rings is 1. The summed E-state index contributed by atoms with van der Waals surface area (Å²) in [5.41, 5.74) is 0.00745. The van der Waals surface area contributed by atoms with Crippen LogP contribution in [0.15, 0.2) is 15.7 Å². The molecule has 112 valence electrons. The summed E-state index contributed by atoms with van der Waals surface area (Å²) >= 11 is 0.940. The Bertz CT molecular complexity index is 574. The zero-order chi connectivity index (χ0) is 14.8. The predicted molar refractivity (Wildman–Crippen MR) is 74.6 cm³/mol. The van der Waals surface area contributed by atoms with Crippen LogP contribution in [0.25, 0.3) is 0 Å². The quantitative estimate of drug-likeness (QED) is 0.889. The number of rotatable bonds is 5. The lowest BCUT2D eigenvalue weighted by Crippen LogP contribution is -2.33. The molecule has 6 nitrogen and oxygen atoms in total. The van der Waals surface area contributed by atoms with Crippen LogP contribution in [0, 0.1) is 5.92 Å². The van der Waals surface area contributed by atoms with E-state index in [0.717, 1.165) is 24.2 Å². The van der Waals surface area contributed by atoms with Crippen molar-refractivity contribution in [1.29, 1.82) is 0 Å². The van der Waals surface area contributed by atoms with Gasteiger partial charge in [-0.15, -0.1) is 11.3 Å². The normalized spacial score (nSPS) is 17.5. The number of carboxylic acid groups (broad SMARTS) is 1. The number of carbonyl (C=O) groups is 1. The van der Waals surface area contributed by atoms with Crippen LogP contribution >= 0.6 is 11.3 Å². The third kappa shape index (κ3) is 3.38. The van der Waals surface area contributed by atoms with Crippen molar-refractivity contribution in [2.75, 3.05) is 26.8 Å². The van der Waals surface area contributed by atoms with Gasteiger partial charge in [-0.3, -0.25) is 0 Å². The number of ether oxygens (including phenoxy) is 1. The van der Waals surface area contributed by atoms with E-state index in [2.05, 4.69) is 0 Å². The molecule has 0 aliphatic carbocycles. The van der Waals surface area contributed by atoms with Crippen LogP contribution in [-0.4, -0.2) is 50.6 Å². The lowest BCUT2D eigenvalue weighted by Gasteiger charge is -2.26. The van der Waals surface area contributed by atoms with Gasteiger partial charge in [0.05, 0.1) is 5.56 Å². The average Bonchev–Trinajstić information content (AvgIpc) is 2.90. The molecule has 1 N–H and O–H groups in total. The highest BCUT2D eigenvalue weighted by Gasteiger charge is 2.27. The first kappa shape index (κ1) is 15.4. The Morgan fingerprint density at radius 1 is 1.50 bits per heavy atom. The van der Waals surface area contributed by atoms with Crippen molar-refractivity contribution in [3.63, 3.8) is 0 Å². The molecule has 1 aromatic heterocycles. The maximum atomic E-state index is 12.4. The molecule has 1 fully saturated rings. The smallest absolute Gasteiger partial charge is 0.336 e. The first-order valence-corrected chi connectivity index (χ1v) is 8.59. The van der Waals surface area contributed by atoms with Crippen molar-refractivity contribution in [3.05, 3.63) is 17.0 Å². The van der Waals surface area contributed by atoms with Gasteiger partial charge in [-0.05, 0) is 24.8 Å². The molecule has 0 bridgehead atoms. The van der Waals surface area contributed by atoms with Crippen LogP contribution in [-0.2, 0) is 14.8 Å². The first-order chi connectivity index (χ1) is 9.41. The Hall–Kier alpha value is -0.960. The van der Waals surface area contributed by atoms with Gasteiger partial charge in [0.2, 0.25) is 0 Å². The number of hydrogen-bond donors (Lipinski definition) is 1. The third-order valence-electron chi connectivity index (χ3n) is 3.34. The summed E-state index contributed by atoms with van der Waals surface area (Å²) in [6.07, 6.45) is 1.70. The number of carboxylic acids is 1. The SMILES string of the molecule is CN(CC1CCOCC1)S(=O)(=O)c1cc(C(=O)O)cs1. The second kappa shape index (κ2) is 6.21. The summed E-state index contributed by atoms with van der Waals surface area (Å²) < 4.78 is 31.3. The van der Waals surface area contributed by atoms with E-state index in [0.29, 0.717) is 25.7 Å². The molecule has 1 saturated heterocycles. The highest BCUT2D eigenvalue weighted by atomic mass is 32.2. The lowest BCUT2D eigenvalue weighted by atomic mass is 10.0. The van der Waals surface area contributed by atoms with Crippen molar-refractivity contribution in [1.82, 2.24) is 4.31 Å². The van der Waals surface area contributed by atoms with Crippen LogP contribution in [0.1, 0.15) is 23.2 Å². The van der Waals surface area contributed by atoms with E-state index in [-0.39, 0.29) is 9.77 Å². The zero-order valence-corrected chi connectivity index (χ0v) is 12.7. The van der Waals surface area contributed by atoms with Gasteiger partial charge in [0, 0.05) is 32.2 Å². The number of aromatic carboxylic acids is 1. The average molecular weight is 319 g/mol. The molecule has 0 amide bonds. The molecule has 0 aromatic carbocycles. The summed E-state index contributed by atoms with van der Waals surface area (Å²) in [5, 5.41) is 10.2. The second-order valence-corrected chi connectivity index (χ2v) is 7.98. The monoisotopic (exact) mass is 319 g/mol. The van der Waals surface area contributed by atoms with Crippen molar-refractivity contribution in [2.45, 2.75) is 17.1 Å². The largest absolute Gasteiger partial charge is 0.478 e. The minimum atomic E-state index is -3.60. The Labute approximate surface area is 122 Å². The van der Waals surface area contributed by atoms with Gasteiger partial charge in [-0.25, -0.2) is 13.2 Å². The van der Waals surface area contributed by atoms with Crippen molar-refractivity contribution < 1.29 is 23.1 Å². The lowest BCUT2D eigenvalue weighted by molar-refractivity contribution is 0.0620. The van der Waals surface area contributed by atoms with Gasteiger partial charge in [-0.2, -0.15) is 4.31 Å². The minimum absolute atomic E-state index is 0.00745. The Morgan fingerprint density at radius 3 is 2.70 bits per heavy atom. The van der Waals surface area contributed by atoms with Gasteiger partial charge in [0.1, 0.15) is 4.21 Å². The highest BCUT2D eigenvalue weighted by molar-refractivity contribution is 7.91. The molecule has 0 spiro atoms. The van der Waals surface area contributed by atoms with Crippen LogP contribution in [0.5, 0.6) is 0 Å². The molecular weight excluding hydrogens is 302 g/mol. The van der Waals surface area contributed by atoms with Gasteiger partial charge >= 0.3 is 5.97 Å². The molecule has 0 atom stereocenters. The number of nitrogens with zero attached hydrogens (tertiary/aromatic N) is 1. The van der Waals surface area contributed by atoms with E-state index in [1.54, 1.807) is 0 Å². The van der Waals surface area contributed by atoms with E-state index in [4.69, 9.17) is 9.84 Å². The molecular formula is C12H17NO5S2. The molecule has 1 aliphatic heterocycles. The molecule has 0 saturated carbocycles. The fourth-order valence-electron chi connectivity index (χ4n) is 2.11. The van der Waals surface area contributed by atoms with Crippen molar-refractivity contribution in [3.8, 4) is 0 Å². The maximum Gasteiger partial charge on any atom is 0.336 e.